The molecule has 1 aliphatic heterocycles. The van der Waals surface area contributed by atoms with Crippen molar-refractivity contribution in [3.8, 4) is 0 Å². The Bertz CT molecular complexity index is 497. The number of aromatic amines is 1. The summed E-state index contributed by atoms with van der Waals surface area (Å²) < 4.78 is 0. The van der Waals surface area contributed by atoms with Crippen molar-refractivity contribution in [2.75, 3.05) is 33.7 Å². The first-order chi connectivity index (χ1) is 9.44. The molecule has 0 amide bonds. The van der Waals surface area contributed by atoms with E-state index in [1.165, 1.54) is 0 Å². The Hall–Kier alpha value is -1.20. The summed E-state index contributed by atoms with van der Waals surface area (Å²) in [6.45, 7) is 7.48. The molecule has 1 saturated heterocycles. The van der Waals surface area contributed by atoms with Crippen molar-refractivity contribution in [2.45, 2.75) is 32.7 Å². The van der Waals surface area contributed by atoms with Gasteiger partial charge in [0.05, 0.1) is 0 Å². The highest BCUT2D eigenvalue weighted by Gasteiger charge is 2.23. The van der Waals surface area contributed by atoms with Gasteiger partial charge in [-0.1, -0.05) is 13.8 Å². The van der Waals surface area contributed by atoms with Crippen molar-refractivity contribution in [1.82, 2.24) is 19.8 Å². The van der Waals surface area contributed by atoms with Crippen molar-refractivity contribution < 1.29 is 0 Å². The molecule has 1 aromatic rings. The number of piperazine rings is 1. The normalized spacial score (nSPS) is 21.6. The van der Waals surface area contributed by atoms with Crippen LogP contribution in [0.5, 0.6) is 0 Å². The van der Waals surface area contributed by atoms with E-state index in [0.29, 0.717) is 12.0 Å². The van der Waals surface area contributed by atoms with Crippen LogP contribution in [0.4, 0.5) is 0 Å². The molecule has 2 heterocycles. The molecule has 1 aliphatic rings. The molecule has 0 aromatic carbocycles. The fraction of sp³-hybridized carbons (Fsp3) is 0.733. The fourth-order valence-electron chi connectivity index (χ4n) is 2.73. The molecule has 1 fully saturated rings. The van der Waals surface area contributed by atoms with Crippen molar-refractivity contribution in [3.63, 3.8) is 0 Å². The Morgan fingerprint density at radius 2 is 2.15 bits per heavy atom. The molecule has 0 saturated carbocycles. The molecule has 1 N–H and O–H groups in total. The molecule has 0 aliphatic carbocycles. The molecular weight excluding hydrogens is 252 g/mol. The Balaban J connectivity index is 2.12. The Morgan fingerprint density at radius 1 is 1.40 bits per heavy atom. The largest absolute Gasteiger partial charge is 0.310 e. The van der Waals surface area contributed by atoms with Crippen LogP contribution >= 0.6 is 0 Å². The summed E-state index contributed by atoms with van der Waals surface area (Å²) in [6.07, 6.45) is 1.67. The van der Waals surface area contributed by atoms with Gasteiger partial charge < -0.3 is 14.8 Å². The van der Waals surface area contributed by atoms with Crippen LogP contribution in [0.15, 0.2) is 10.9 Å². The number of rotatable bonds is 4. The third-order valence-electron chi connectivity index (χ3n) is 3.87. The third kappa shape index (κ3) is 4.15. The summed E-state index contributed by atoms with van der Waals surface area (Å²) in [5, 5.41) is 0. The third-order valence-corrected chi connectivity index (χ3v) is 3.87. The van der Waals surface area contributed by atoms with Crippen LogP contribution in [0, 0.1) is 5.92 Å². The lowest BCUT2D eigenvalue weighted by Crippen LogP contribution is -2.51. The average molecular weight is 278 g/mol. The SMILES string of the molecule is CC(C)Cc1cc(=O)[nH]c(CC2CN(C)CCN2C)n1. The molecule has 0 radical (unpaired) electrons. The van der Waals surface area contributed by atoms with E-state index in [1.54, 1.807) is 6.07 Å². The summed E-state index contributed by atoms with van der Waals surface area (Å²) in [7, 11) is 4.29. The van der Waals surface area contributed by atoms with Gasteiger partial charge in [-0.3, -0.25) is 4.79 Å². The van der Waals surface area contributed by atoms with Gasteiger partial charge in [0.15, 0.2) is 0 Å². The van der Waals surface area contributed by atoms with Crippen LogP contribution in [0.2, 0.25) is 0 Å². The maximum Gasteiger partial charge on any atom is 0.251 e. The van der Waals surface area contributed by atoms with Crippen LogP contribution in [0.1, 0.15) is 25.4 Å². The van der Waals surface area contributed by atoms with Crippen LogP contribution in [0.25, 0.3) is 0 Å². The van der Waals surface area contributed by atoms with E-state index in [2.05, 4.69) is 47.7 Å². The Labute approximate surface area is 121 Å². The van der Waals surface area contributed by atoms with Crippen LogP contribution in [0.3, 0.4) is 0 Å². The number of hydrogen-bond donors (Lipinski definition) is 1. The molecule has 1 aromatic heterocycles. The zero-order valence-electron chi connectivity index (χ0n) is 13.0. The first-order valence-corrected chi connectivity index (χ1v) is 7.42. The fourth-order valence-corrected chi connectivity index (χ4v) is 2.73. The van der Waals surface area contributed by atoms with Gasteiger partial charge in [-0.15, -0.1) is 0 Å². The Kier molecular flexibility index (Phi) is 4.94. The van der Waals surface area contributed by atoms with Gasteiger partial charge in [-0.2, -0.15) is 0 Å². The lowest BCUT2D eigenvalue weighted by Gasteiger charge is -2.37. The summed E-state index contributed by atoms with van der Waals surface area (Å²) in [5.41, 5.74) is 0.878. The van der Waals surface area contributed by atoms with E-state index in [9.17, 15) is 4.79 Å². The number of H-pyrrole nitrogens is 1. The smallest absolute Gasteiger partial charge is 0.251 e. The highest BCUT2D eigenvalue weighted by atomic mass is 16.1. The van der Waals surface area contributed by atoms with Crippen molar-refractivity contribution in [2.24, 2.45) is 5.92 Å². The van der Waals surface area contributed by atoms with Crippen molar-refractivity contribution in [1.29, 1.82) is 0 Å². The standard InChI is InChI=1S/C15H26N4O/c1-11(2)7-12-8-15(20)17-14(16-12)9-13-10-18(3)5-6-19(13)4/h8,11,13H,5-7,9-10H2,1-4H3,(H,16,17,20). The number of nitrogens with one attached hydrogen (secondary N) is 1. The van der Waals surface area contributed by atoms with E-state index >= 15 is 0 Å². The Morgan fingerprint density at radius 3 is 2.85 bits per heavy atom. The highest BCUT2D eigenvalue weighted by Crippen LogP contribution is 2.10. The first-order valence-electron chi connectivity index (χ1n) is 7.42. The molecule has 1 atom stereocenters. The maximum atomic E-state index is 11.8. The van der Waals surface area contributed by atoms with Crippen LogP contribution in [-0.4, -0.2) is 59.5 Å². The second kappa shape index (κ2) is 6.50. The number of aromatic nitrogens is 2. The van der Waals surface area contributed by atoms with Crippen molar-refractivity contribution in [3.05, 3.63) is 27.9 Å². The average Bonchev–Trinajstić information content (AvgIpc) is 2.32. The number of nitrogens with zero attached hydrogens (tertiary/aromatic N) is 3. The minimum Gasteiger partial charge on any atom is -0.310 e. The molecule has 0 bridgehead atoms. The van der Waals surface area contributed by atoms with E-state index < -0.39 is 0 Å². The number of hydrogen-bond acceptors (Lipinski definition) is 4. The summed E-state index contributed by atoms with van der Waals surface area (Å²) in [4.78, 5) is 24.0. The molecule has 2 rings (SSSR count). The van der Waals surface area contributed by atoms with Gasteiger partial charge in [0.2, 0.25) is 0 Å². The van der Waals surface area contributed by atoms with E-state index in [4.69, 9.17) is 0 Å². The maximum absolute atomic E-state index is 11.8. The predicted molar refractivity (Wildman–Crippen MR) is 81.0 cm³/mol. The zero-order chi connectivity index (χ0) is 14.7. The molecular formula is C15H26N4O. The topological polar surface area (TPSA) is 52.2 Å². The van der Waals surface area contributed by atoms with Gasteiger partial charge in [0, 0.05) is 43.9 Å². The van der Waals surface area contributed by atoms with E-state index in [-0.39, 0.29) is 5.56 Å². The minimum atomic E-state index is -0.0301. The predicted octanol–water partition coefficient (Wildman–Crippen LogP) is 0.757. The number of likely N-dealkylation sites (N-methyl/N-ethyl adjacent to an activating group) is 2. The lowest BCUT2D eigenvalue weighted by molar-refractivity contribution is 0.113. The molecule has 5 heteroatoms. The molecule has 20 heavy (non-hydrogen) atoms. The monoisotopic (exact) mass is 278 g/mol. The minimum absolute atomic E-state index is 0.0301. The van der Waals surface area contributed by atoms with Gasteiger partial charge in [0.1, 0.15) is 5.82 Å². The molecule has 112 valence electrons. The summed E-state index contributed by atoms with van der Waals surface area (Å²) in [5.74, 6) is 1.33. The second-order valence-corrected chi connectivity index (χ2v) is 6.38. The van der Waals surface area contributed by atoms with Gasteiger partial charge in [-0.25, -0.2) is 4.98 Å². The quantitative estimate of drug-likeness (QED) is 0.883. The summed E-state index contributed by atoms with van der Waals surface area (Å²) >= 11 is 0. The van der Waals surface area contributed by atoms with Gasteiger partial charge in [0.25, 0.3) is 5.56 Å². The molecule has 5 nitrogen and oxygen atoms in total. The van der Waals surface area contributed by atoms with E-state index in [1.807, 2.05) is 0 Å². The van der Waals surface area contributed by atoms with Crippen molar-refractivity contribution >= 4 is 0 Å². The second-order valence-electron chi connectivity index (χ2n) is 6.38. The van der Waals surface area contributed by atoms with Crippen LogP contribution < -0.4 is 5.56 Å². The lowest BCUT2D eigenvalue weighted by atomic mass is 10.1. The van der Waals surface area contributed by atoms with E-state index in [0.717, 1.165) is 44.0 Å². The zero-order valence-corrected chi connectivity index (χ0v) is 13.0. The van der Waals surface area contributed by atoms with Gasteiger partial charge in [-0.05, 0) is 26.4 Å². The summed E-state index contributed by atoms with van der Waals surface area (Å²) in [6, 6.07) is 2.05. The molecule has 0 spiro atoms. The molecule has 1 unspecified atom stereocenters. The van der Waals surface area contributed by atoms with Crippen LogP contribution in [-0.2, 0) is 12.8 Å². The first kappa shape index (κ1) is 15.2. The highest BCUT2D eigenvalue weighted by molar-refractivity contribution is 5.05. The van der Waals surface area contributed by atoms with Gasteiger partial charge >= 0.3 is 0 Å².